The first-order valence-corrected chi connectivity index (χ1v) is 10.0. The maximum Gasteiger partial charge on any atom is 0.227 e. The van der Waals surface area contributed by atoms with Crippen LogP contribution in [0.4, 0.5) is 11.6 Å². The summed E-state index contributed by atoms with van der Waals surface area (Å²) >= 11 is 0. The molecule has 0 saturated heterocycles. The van der Waals surface area contributed by atoms with Crippen molar-refractivity contribution >= 4 is 22.5 Å². The summed E-state index contributed by atoms with van der Waals surface area (Å²) in [6.07, 6.45) is 6.43. The van der Waals surface area contributed by atoms with Crippen LogP contribution < -0.4 is 10.6 Å². The normalized spacial score (nSPS) is 11.0. The molecule has 4 aromatic rings. The Morgan fingerprint density at radius 2 is 1.73 bits per heavy atom. The van der Waals surface area contributed by atoms with Crippen LogP contribution in [-0.4, -0.2) is 41.8 Å². The third kappa shape index (κ3) is 5.17. The van der Waals surface area contributed by atoms with Gasteiger partial charge in [0.15, 0.2) is 0 Å². The molecule has 4 rings (SSSR count). The van der Waals surface area contributed by atoms with Crippen molar-refractivity contribution in [1.29, 1.82) is 0 Å². The lowest BCUT2D eigenvalue weighted by molar-refractivity contribution is 0.199. The molecule has 0 saturated carbocycles. The zero-order valence-electron chi connectivity index (χ0n) is 17.0. The second-order valence-electron chi connectivity index (χ2n) is 7.02. The summed E-state index contributed by atoms with van der Waals surface area (Å²) in [5.41, 5.74) is 5.42. The van der Waals surface area contributed by atoms with E-state index in [0.717, 1.165) is 53.8 Å². The second kappa shape index (κ2) is 9.91. The maximum absolute atomic E-state index is 5.03. The van der Waals surface area contributed by atoms with Gasteiger partial charge in [0.05, 0.1) is 12.1 Å². The zero-order chi connectivity index (χ0) is 20.6. The summed E-state index contributed by atoms with van der Waals surface area (Å²) in [6, 6.07) is 18.6. The predicted octanol–water partition coefficient (Wildman–Crippen LogP) is 4.21. The molecule has 0 bridgehead atoms. The molecular formula is C24H25N5O. The number of rotatable bonds is 9. The van der Waals surface area contributed by atoms with Gasteiger partial charge in [0.25, 0.3) is 0 Å². The summed E-state index contributed by atoms with van der Waals surface area (Å²) in [5.74, 6) is 0.591. The molecule has 0 aliphatic heterocycles. The zero-order valence-corrected chi connectivity index (χ0v) is 17.0. The summed E-state index contributed by atoms with van der Waals surface area (Å²) in [5, 5.41) is 7.65. The molecule has 0 amide bonds. The van der Waals surface area contributed by atoms with Crippen molar-refractivity contribution < 1.29 is 4.74 Å². The van der Waals surface area contributed by atoms with E-state index in [1.807, 2.05) is 24.4 Å². The van der Waals surface area contributed by atoms with Gasteiger partial charge in [-0.05, 0) is 66.1 Å². The standard InChI is InChI=1S/C24H25N5O/c1-30-15-14-26-11-8-18-2-5-22(6-3-18)28-24-27-17-21-16-20(4-7-23(21)29-24)19-9-12-25-13-10-19/h2-7,9-10,12-13,16-17,26H,8,11,14-15H2,1H3,(H,27,28,29). The van der Waals surface area contributed by atoms with E-state index in [9.17, 15) is 0 Å². The highest BCUT2D eigenvalue weighted by molar-refractivity contribution is 5.84. The van der Waals surface area contributed by atoms with E-state index in [-0.39, 0.29) is 0 Å². The minimum atomic E-state index is 0.591. The van der Waals surface area contributed by atoms with Crippen LogP contribution in [-0.2, 0) is 11.2 Å². The van der Waals surface area contributed by atoms with Crippen molar-refractivity contribution in [2.45, 2.75) is 6.42 Å². The molecule has 0 atom stereocenters. The molecule has 6 nitrogen and oxygen atoms in total. The number of nitrogens with zero attached hydrogens (tertiary/aromatic N) is 3. The smallest absolute Gasteiger partial charge is 0.227 e. The van der Waals surface area contributed by atoms with Gasteiger partial charge in [0, 0.05) is 43.3 Å². The van der Waals surface area contributed by atoms with E-state index in [1.54, 1.807) is 19.5 Å². The molecule has 2 aromatic carbocycles. The fourth-order valence-corrected chi connectivity index (χ4v) is 3.23. The van der Waals surface area contributed by atoms with Gasteiger partial charge in [-0.15, -0.1) is 0 Å². The van der Waals surface area contributed by atoms with Gasteiger partial charge in [-0.2, -0.15) is 0 Å². The van der Waals surface area contributed by atoms with Crippen molar-refractivity contribution in [2.75, 3.05) is 32.1 Å². The molecule has 0 radical (unpaired) electrons. The van der Waals surface area contributed by atoms with Gasteiger partial charge in [0.1, 0.15) is 0 Å². The van der Waals surface area contributed by atoms with E-state index in [0.29, 0.717) is 5.95 Å². The van der Waals surface area contributed by atoms with Crippen molar-refractivity contribution in [3.05, 3.63) is 78.8 Å². The molecule has 30 heavy (non-hydrogen) atoms. The minimum Gasteiger partial charge on any atom is -0.383 e. The van der Waals surface area contributed by atoms with E-state index in [4.69, 9.17) is 4.74 Å². The molecule has 2 N–H and O–H groups in total. The van der Waals surface area contributed by atoms with Gasteiger partial charge < -0.3 is 15.4 Å². The molecule has 6 heteroatoms. The molecule has 152 valence electrons. The topological polar surface area (TPSA) is 72.0 Å². The van der Waals surface area contributed by atoms with E-state index < -0.39 is 0 Å². The van der Waals surface area contributed by atoms with Gasteiger partial charge in [-0.25, -0.2) is 9.97 Å². The Morgan fingerprint density at radius 3 is 2.53 bits per heavy atom. The lowest BCUT2D eigenvalue weighted by Crippen LogP contribution is -2.21. The molecule has 0 fully saturated rings. The number of anilines is 2. The molecular weight excluding hydrogens is 374 g/mol. The summed E-state index contributed by atoms with van der Waals surface area (Å²) in [4.78, 5) is 13.2. The van der Waals surface area contributed by atoms with Crippen LogP contribution in [0, 0.1) is 0 Å². The third-order valence-electron chi connectivity index (χ3n) is 4.88. The fraction of sp³-hybridized carbons (Fsp3) is 0.208. The van der Waals surface area contributed by atoms with Gasteiger partial charge in [-0.1, -0.05) is 18.2 Å². The highest BCUT2D eigenvalue weighted by Crippen LogP contribution is 2.24. The molecule has 0 unspecified atom stereocenters. The third-order valence-corrected chi connectivity index (χ3v) is 4.88. The Hall–Kier alpha value is -3.35. The van der Waals surface area contributed by atoms with Crippen molar-refractivity contribution in [1.82, 2.24) is 20.3 Å². The SMILES string of the molecule is COCCNCCc1ccc(Nc2ncc3cc(-c4ccncc4)ccc3n2)cc1. The van der Waals surface area contributed by atoms with Crippen LogP contribution in [0.5, 0.6) is 0 Å². The van der Waals surface area contributed by atoms with E-state index in [2.05, 4.69) is 62.0 Å². The summed E-state index contributed by atoms with van der Waals surface area (Å²) in [6.45, 7) is 2.55. The van der Waals surface area contributed by atoms with Crippen LogP contribution >= 0.6 is 0 Å². The predicted molar refractivity (Wildman–Crippen MR) is 121 cm³/mol. The summed E-state index contributed by atoms with van der Waals surface area (Å²) in [7, 11) is 1.71. The number of benzene rings is 2. The van der Waals surface area contributed by atoms with Gasteiger partial charge in [0.2, 0.25) is 5.95 Å². The number of methoxy groups -OCH3 is 1. The van der Waals surface area contributed by atoms with Crippen LogP contribution in [0.3, 0.4) is 0 Å². The average Bonchev–Trinajstić information content (AvgIpc) is 2.80. The molecule has 0 spiro atoms. The van der Waals surface area contributed by atoms with Crippen molar-refractivity contribution in [2.24, 2.45) is 0 Å². The Kier molecular flexibility index (Phi) is 6.59. The highest BCUT2D eigenvalue weighted by Gasteiger charge is 2.04. The number of hydrogen-bond donors (Lipinski definition) is 2. The highest BCUT2D eigenvalue weighted by atomic mass is 16.5. The first-order chi connectivity index (χ1) is 14.8. The first-order valence-electron chi connectivity index (χ1n) is 10.0. The van der Waals surface area contributed by atoms with Crippen LogP contribution in [0.15, 0.2) is 73.2 Å². The number of aromatic nitrogens is 3. The average molecular weight is 399 g/mol. The first kappa shape index (κ1) is 19.9. The molecule has 2 heterocycles. The number of hydrogen-bond acceptors (Lipinski definition) is 6. The maximum atomic E-state index is 5.03. The van der Waals surface area contributed by atoms with Crippen LogP contribution in [0.25, 0.3) is 22.0 Å². The number of ether oxygens (including phenoxy) is 1. The van der Waals surface area contributed by atoms with Gasteiger partial charge >= 0.3 is 0 Å². The minimum absolute atomic E-state index is 0.591. The number of nitrogens with one attached hydrogen (secondary N) is 2. The fourth-order valence-electron chi connectivity index (χ4n) is 3.23. The van der Waals surface area contributed by atoms with Crippen molar-refractivity contribution in [3.63, 3.8) is 0 Å². The lowest BCUT2D eigenvalue weighted by Gasteiger charge is -2.08. The monoisotopic (exact) mass is 399 g/mol. The van der Waals surface area contributed by atoms with Gasteiger partial charge in [-0.3, -0.25) is 4.98 Å². The second-order valence-corrected chi connectivity index (χ2v) is 7.02. The van der Waals surface area contributed by atoms with E-state index in [1.165, 1.54) is 5.56 Å². The van der Waals surface area contributed by atoms with Crippen LogP contribution in [0.2, 0.25) is 0 Å². The molecule has 0 aliphatic rings. The Morgan fingerprint density at radius 1 is 0.900 bits per heavy atom. The Bertz CT molecular complexity index is 1080. The largest absolute Gasteiger partial charge is 0.383 e. The quantitative estimate of drug-likeness (QED) is 0.411. The number of pyridine rings is 1. The molecule has 2 aromatic heterocycles. The van der Waals surface area contributed by atoms with Crippen LogP contribution in [0.1, 0.15) is 5.56 Å². The van der Waals surface area contributed by atoms with Crippen molar-refractivity contribution in [3.8, 4) is 11.1 Å². The van der Waals surface area contributed by atoms with E-state index >= 15 is 0 Å². The molecule has 0 aliphatic carbocycles. The summed E-state index contributed by atoms with van der Waals surface area (Å²) < 4.78 is 5.03. The Labute approximate surface area is 176 Å². The number of fused-ring (bicyclic) bond motifs is 1. The Balaban J connectivity index is 1.40. The lowest BCUT2D eigenvalue weighted by atomic mass is 10.1.